The lowest BCUT2D eigenvalue weighted by atomic mass is 10.2. The van der Waals surface area contributed by atoms with Crippen LogP contribution in [0.2, 0.25) is 0 Å². The van der Waals surface area contributed by atoms with Crippen LogP contribution in [-0.4, -0.2) is 10.2 Å². The summed E-state index contributed by atoms with van der Waals surface area (Å²) >= 11 is 3.12. The van der Waals surface area contributed by atoms with E-state index in [0.717, 1.165) is 5.69 Å². The molecule has 0 saturated carbocycles. The van der Waals surface area contributed by atoms with Crippen LogP contribution in [0.1, 0.15) is 19.5 Å². The Hall–Kier alpha value is -0.900. The van der Waals surface area contributed by atoms with E-state index in [-0.39, 0.29) is 5.82 Å². The quantitative estimate of drug-likeness (QED) is 0.765. The molecule has 0 amide bonds. The standard InChI is InChI=1S/C8H6BrFN2.C2H6/c1-4-7-6(12-11-4)3-2-5(9)8(7)10;1-2/h2-3H,1H3,(H,11,12);1-2H3. The van der Waals surface area contributed by atoms with Crippen molar-refractivity contribution in [3.63, 3.8) is 0 Å². The van der Waals surface area contributed by atoms with Crippen LogP contribution in [0.4, 0.5) is 4.39 Å². The lowest BCUT2D eigenvalue weighted by Crippen LogP contribution is -1.80. The van der Waals surface area contributed by atoms with Gasteiger partial charge >= 0.3 is 0 Å². The van der Waals surface area contributed by atoms with Gasteiger partial charge in [0.25, 0.3) is 0 Å². The average molecular weight is 259 g/mol. The van der Waals surface area contributed by atoms with Gasteiger partial charge in [0.05, 0.1) is 15.4 Å². The van der Waals surface area contributed by atoms with Crippen molar-refractivity contribution in [2.24, 2.45) is 0 Å². The number of benzene rings is 1. The highest BCUT2D eigenvalue weighted by Crippen LogP contribution is 2.25. The van der Waals surface area contributed by atoms with E-state index in [9.17, 15) is 4.39 Å². The van der Waals surface area contributed by atoms with Gasteiger partial charge in [-0.2, -0.15) is 5.10 Å². The number of hydrogen-bond acceptors (Lipinski definition) is 1. The van der Waals surface area contributed by atoms with Gasteiger partial charge < -0.3 is 0 Å². The van der Waals surface area contributed by atoms with Crippen molar-refractivity contribution >= 4 is 26.8 Å². The topological polar surface area (TPSA) is 28.7 Å². The first-order valence-electron chi connectivity index (χ1n) is 4.49. The molecule has 1 aromatic heterocycles. The number of hydrogen-bond donors (Lipinski definition) is 1. The van der Waals surface area contributed by atoms with Crippen LogP contribution in [-0.2, 0) is 0 Å². The smallest absolute Gasteiger partial charge is 0.148 e. The molecule has 1 heterocycles. The zero-order valence-corrected chi connectivity index (χ0v) is 9.94. The molecule has 1 aromatic carbocycles. The summed E-state index contributed by atoms with van der Waals surface area (Å²) in [5.74, 6) is -0.251. The van der Waals surface area contributed by atoms with Crippen molar-refractivity contribution in [2.75, 3.05) is 0 Å². The first-order valence-corrected chi connectivity index (χ1v) is 5.28. The molecule has 2 nitrogen and oxygen atoms in total. The summed E-state index contributed by atoms with van der Waals surface area (Å²) < 4.78 is 13.9. The minimum atomic E-state index is -0.251. The summed E-state index contributed by atoms with van der Waals surface area (Å²) in [7, 11) is 0. The zero-order chi connectivity index (χ0) is 10.7. The minimum Gasteiger partial charge on any atom is -0.282 e. The fourth-order valence-corrected chi connectivity index (χ4v) is 1.52. The Morgan fingerprint density at radius 2 is 2.00 bits per heavy atom. The molecule has 0 aliphatic carbocycles. The van der Waals surface area contributed by atoms with Crippen LogP contribution in [0.25, 0.3) is 10.9 Å². The van der Waals surface area contributed by atoms with Crippen LogP contribution in [0.15, 0.2) is 16.6 Å². The third-order valence-corrected chi connectivity index (χ3v) is 2.40. The van der Waals surface area contributed by atoms with Crippen LogP contribution < -0.4 is 0 Å². The van der Waals surface area contributed by atoms with E-state index in [1.807, 2.05) is 13.8 Å². The Labute approximate surface area is 90.6 Å². The number of nitrogens with one attached hydrogen (secondary N) is 1. The van der Waals surface area contributed by atoms with Gasteiger partial charge in [-0.15, -0.1) is 0 Å². The lowest BCUT2D eigenvalue weighted by Gasteiger charge is -1.94. The Bertz CT molecular complexity index is 437. The molecule has 0 unspecified atom stereocenters. The normalized spacial score (nSPS) is 9.79. The predicted octanol–water partition coefficient (Wildman–Crippen LogP) is 3.80. The number of aromatic nitrogens is 2. The largest absolute Gasteiger partial charge is 0.282 e. The molecular formula is C10H12BrFN2. The van der Waals surface area contributed by atoms with E-state index in [4.69, 9.17) is 0 Å². The number of halogens is 2. The molecule has 0 saturated heterocycles. The van der Waals surface area contributed by atoms with Gasteiger partial charge in [-0.05, 0) is 35.0 Å². The summed E-state index contributed by atoms with van der Waals surface area (Å²) in [5.41, 5.74) is 1.41. The van der Waals surface area contributed by atoms with E-state index in [2.05, 4.69) is 26.1 Å². The second kappa shape index (κ2) is 4.55. The highest BCUT2D eigenvalue weighted by molar-refractivity contribution is 9.10. The molecule has 0 aliphatic rings. The molecule has 76 valence electrons. The molecule has 1 N–H and O–H groups in total. The van der Waals surface area contributed by atoms with E-state index in [1.165, 1.54) is 0 Å². The first kappa shape index (κ1) is 11.2. The van der Waals surface area contributed by atoms with Crippen LogP contribution >= 0.6 is 15.9 Å². The maximum absolute atomic E-state index is 13.4. The van der Waals surface area contributed by atoms with Gasteiger partial charge in [0.15, 0.2) is 0 Å². The molecule has 0 atom stereocenters. The average Bonchev–Trinajstić information content (AvgIpc) is 2.58. The van der Waals surface area contributed by atoms with Crippen LogP contribution in [0, 0.1) is 12.7 Å². The Balaban J connectivity index is 0.000000461. The van der Waals surface area contributed by atoms with Crippen molar-refractivity contribution in [1.29, 1.82) is 0 Å². The third-order valence-electron chi connectivity index (χ3n) is 1.79. The van der Waals surface area contributed by atoms with Gasteiger partial charge in [0.1, 0.15) is 5.82 Å². The van der Waals surface area contributed by atoms with E-state index in [1.54, 1.807) is 19.1 Å². The monoisotopic (exact) mass is 258 g/mol. The van der Waals surface area contributed by atoms with Crippen LogP contribution in [0.3, 0.4) is 0 Å². The summed E-state index contributed by atoms with van der Waals surface area (Å²) in [6, 6.07) is 3.42. The Morgan fingerprint density at radius 1 is 1.36 bits per heavy atom. The SMILES string of the molecule is CC.Cc1[nH]nc2ccc(Br)c(F)c12. The van der Waals surface area contributed by atoms with Gasteiger partial charge in [-0.25, -0.2) is 4.39 Å². The number of aryl methyl sites for hydroxylation is 1. The third kappa shape index (κ3) is 1.80. The fraction of sp³-hybridized carbons (Fsp3) is 0.300. The van der Waals surface area contributed by atoms with Crippen molar-refractivity contribution < 1.29 is 4.39 Å². The molecule has 0 aliphatic heterocycles. The molecule has 0 bridgehead atoms. The number of aromatic amines is 1. The molecule has 14 heavy (non-hydrogen) atoms. The second-order valence-corrected chi connectivity index (χ2v) is 3.46. The Kier molecular flexibility index (Phi) is 3.63. The summed E-state index contributed by atoms with van der Waals surface area (Å²) in [6.07, 6.45) is 0. The van der Waals surface area contributed by atoms with E-state index >= 15 is 0 Å². The molecule has 0 radical (unpaired) electrons. The van der Waals surface area contributed by atoms with Gasteiger partial charge in [-0.3, -0.25) is 5.10 Å². The number of nitrogens with zero attached hydrogens (tertiary/aromatic N) is 1. The Morgan fingerprint density at radius 3 is 2.64 bits per heavy atom. The first-order chi connectivity index (χ1) is 6.70. The zero-order valence-electron chi connectivity index (χ0n) is 8.36. The highest BCUT2D eigenvalue weighted by Gasteiger charge is 2.09. The van der Waals surface area contributed by atoms with Gasteiger partial charge in [0, 0.05) is 5.69 Å². The maximum Gasteiger partial charge on any atom is 0.148 e. The van der Waals surface area contributed by atoms with Gasteiger partial charge in [0.2, 0.25) is 0 Å². The summed E-state index contributed by atoms with van der Waals surface area (Å²) in [4.78, 5) is 0. The van der Waals surface area contributed by atoms with Crippen LogP contribution in [0.5, 0.6) is 0 Å². The number of rotatable bonds is 0. The number of H-pyrrole nitrogens is 1. The second-order valence-electron chi connectivity index (χ2n) is 2.60. The van der Waals surface area contributed by atoms with E-state index < -0.39 is 0 Å². The summed E-state index contributed by atoms with van der Waals surface area (Å²) in [6.45, 7) is 5.80. The fourth-order valence-electron chi connectivity index (χ4n) is 1.19. The molecule has 0 spiro atoms. The lowest BCUT2D eigenvalue weighted by molar-refractivity contribution is 0.633. The van der Waals surface area contributed by atoms with Crippen molar-refractivity contribution in [3.8, 4) is 0 Å². The molecule has 0 fully saturated rings. The molecule has 4 heteroatoms. The summed E-state index contributed by atoms with van der Waals surface area (Å²) in [5, 5.41) is 7.23. The van der Waals surface area contributed by atoms with E-state index in [0.29, 0.717) is 15.4 Å². The van der Waals surface area contributed by atoms with Crippen molar-refractivity contribution in [1.82, 2.24) is 10.2 Å². The molecule has 2 aromatic rings. The highest BCUT2D eigenvalue weighted by atomic mass is 79.9. The van der Waals surface area contributed by atoms with Gasteiger partial charge in [-0.1, -0.05) is 13.8 Å². The molecular weight excluding hydrogens is 247 g/mol. The molecule has 2 rings (SSSR count). The maximum atomic E-state index is 13.4. The van der Waals surface area contributed by atoms with Crippen molar-refractivity contribution in [2.45, 2.75) is 20.8 Å². The minimum absolute atomic E-state index is 0.251. The number of fused-ring (bicyclic) bond motifs is 1. The predicted molar refractivity (Wildman–Crippen MR) is 59.8 cm³/mol. The van der Waals surface area contributed by atoms with Crippen molar-refractivity contribution in [3.05, 3.63) is 28.1 Å².